The number of carbonyl (C=O) groups is 1. The Balaban J connectivity index is 1.72. The molecule has 0 heterocycles. The van der Waals surface area contributed by atoms with Gasteiger partial charge in [0.15, 0.2) is 0 Å². The molecule has 0 atom stereocenters. The molecule has 0 saturated carbocycles. The molecular weight excluding hydrogens is 458 g/mol. The third kappa shape index (κ3) is 6.43. The summed E-state index contributed by atoms with van der Waals surface area (Å²) in [6.45, 7) is 5.88. The van der Waals surface area contributed by atoms with Gasteiger partial charge >= 0.3 is 0 Å². The Labute approximate surface area is 200 Å². The summed E-state index contributed by atoms with van der Waals surface area (Å²) >= 11 is 5.89. The van der Waals surface area contributed by atoms with Crippen molar-refractivity contribution in [2.75, 3.05) is 10.6 Å². The van der Waals surface area contributed by atoms with E-state index in [9.17, 15) is 13.2 Å². The number of aryl methyl sites for hydroxylation is 2. The Hall–Kier alpha value is -3.16. The topological polar surface area (TPSA) is 78.8 Å². The average molecular weight is 484 g/mol. The van der Waals surface area contributed by atoms with Crippen molar-refractivity contribution in [2.45, 2.75) is 27.3 Å². The van der Waals surface area contributed by atoms with E-state index >= 15 is 0 Å². The van der Waals surface area contributed by atoms with Crippen LogP contribution in [0.5, 0.6) is 0 Å². The summed E-state index contributed by atoms with van der Waals surface area (Å²) in [5.41, 5.74) is 7.94. The molecule has 0 fully saturated rings. The minimum absolute atomic E-state index is 0.164. The van der Waals surface area contributed by atoms with Gasteiger partial charge in [0.1, 0.15) is 0 Å². The molecule has 3 rings (SSSR count). The van der Waals surface area contributed by atoms with E-state index in [0.29, 0.717) is 22.0 Å². The van der Waals surface area contributed by atoms with Crippen LogP contribution in [0.25, 0.3) is 0 Å². The van der Waals surface area contributed by atoms with Crippen molar-refractivity contribution in [1.29, 1.82) is 0 Å². The highest BCUT2D eigenvalue weighted by atomic mass is 35.5. The number of hydrogen-bond donors (Lipinski definition) is 1. The Bertz CT molecular complexity index is 1290. The molecule has 0 unspecified atom stereocenters. The molecule has 33 heavy (non-hydrogen) atoms. The Morgan fingerprint density at radius 3 is 2.12 bits per heavy atom. The second-order valence-corrected chi connectivity index (χ2v) is 10.2. The molecular formula is C25H26ClN3O3S. The fraction of sp³-hybridized carbons (Fsp3) is 0.200. The summed E-state index contributed by atoms with van der Waals surface area (Å²) in [5.74, 6) is -0.357. The fourth-order valence-corrected chi connectivity index (χ4v) is 4.17. The summed E-state index contributed by atoms with van der Waals surface area (Å²) in [5, 5.41) is 4.77. The molecule has 1 amide bonds. The summed E-state index contributed by atoms with van der Waals surface area (Å²) in [6.07, 6.45) is 1.19. The average Bonchev–Trinajstić information content (AvgIpc) is 2.77. The van der Waals surface area contributed by atoms with Gasteiger partial charge in [0.2, 0.25) is 10.0 Å². The number of benzene rings is 3. The van der Waals surface area contributed by atoms with Crippen molar-refractivity contribution >= 4 is 38.9 Å². The van der Waals surface area contributed by atoms with Gasteiger partial charge in [0.05, 0.1) is 24.2 Å². The largest absolute Gasteiger partial charge is 0.271 e. The predicted octanol–water partition coefficient (Wildman–Crippen LogP) is 5.08. The number of sulfonamides is 1. The van der Waals surface area contributed by atoms with Gasteiger partial charge in [0.25, 0.3) is 5.91 Å². The highest BCUT2D eigenvalue weighted by molar-refractivity contribution is 7.92. The zero-order valence-corrected chi connectivity index (χ0v) is 20.5. The van der Waals surface area contributed by atoms with Gasteiger partial charge in [-0.15, -0.1) is 0 Å². The van der Waals surface area contributed by atoms with Crippen molar-refractivity contribution in [2.24, 2.45) is 5.10 Å². The van der Waals surface area contributed by atoms with Gasteiger partial charge in [-0.3, -0.25) is 9.10 Å². The number of nitrogens with one attached hydrogen (secondary N) is 1. The van der Waals surface area contributed by atoms with E-state index in [0.717, 1.165) is 22.3 Å². The summed E-state index contributed by atoms with van der Waals surface area (Å²) < 4.78 is 26.2. The molecule has 0 saturated heterocycles. The smallest absolute Gasteiger partial charge is 0.267 e. The zero-order valence-electron chi connectivity index (χ0n) is 19.0. The second kappa shape index (κ2) is 10.2. The maximum atomic E-state index is 12.5. The maximum absolute atomic E-state index is 12.5. The van der Waals surface area contributed by atoms with E-state index in [1.165, 1.54) is 10.6 Å². The highest BCUT2D eigenvalue weighted by Crippen LogP contribution is 2.23. The predicted molar refractivity (Wildman–Crippen MR) is 135 cm³/mol. The van der Waals surface area contributed by atoms with Gasteiger partial charge in [0, 0.05) is 10.6 Å². The second-order valence-electron chi connectivity index (χ2n) is 7.88. The van der Waals surface area contributed by atoms with Crippen LogP contribution in [0.1, 0.15) is 39.5 Å². The molecule has 1 N–H and O–H groups in total. The first kappa shape index (κ1) is 24.5. The first-order valence-corrected chi connectivity index (χ1v) is 12.5. The lowest BCUT2D eigenvalue weighted by Crippen LogP contribution is -2.29. The number of carbonyl (C=O) groups excluding carboxylic acids is 1. The van der Waals surface area contributed by atoms with E-state index in [1.807, 2.05) is 38.1 Å². The summed E-state index contributed by atoms with van der Waals surface area (Å²) in [4.78, 5) is 12.5. The van der Waals surface area contributed by atoms with E-state index in [4.69, 9.17) is 11.6 Å². The molecule has 0 aliphatic rings. The van der Waals surface area contributed by atoms with Crippen LogP contribution in [0.15, 0.2) is 71.8 Å². The van der Waals surface area contributed by atoms with E-state index < -0.39 is 10.0 Å². The van der Waals surface area contributed by atoms with Crippen LogP contribution in [-0.2, 0) is 16.6 Å². The van der Waals surface area contributed by atoms with E-state index in [2.05, 4.69) is 10.5 Å². The minimum atomic E-state index is -3.49. The Morgan fingerprint density at radius 2 is 1.55 bits per heavy atom. The molecule has 0 aromatic heterocycles. The minimum Gasteiger partial charge on any atom is -0.267 e. The van der Waals surface area contributed by atoms with Crippen LogP contribution in [0.2, 0.25) is 5.02 Å². The van der Waals surface area contributed by atoms with Gasteiger partial charge in [-0.2, -0.15) is 5.10 Å². The highest BCUT2D eigenvalue weighted by Gasteiger charge is 2.18. The summed E-state index contributed by atoms with van der Waals surface area (Å²) in [7, 11) is -3.49. The normalized spacial score (nSPS) is 11.8. The zero-order chi connectivity index (χ0) is 24.2. The third-order valence-corrected chi connectivity index (χ3v) is 6.70. The molecule has 0 bridgehead atoms. The number of nitrogens with zero attached hydrogens (tertiary/aromatic N) is 2. The number of hydrogen-bond acceptors (Lipinski definition) is 4. The fourth-order valence-electron chi connectivity index (χ4n) is 3.16. The molecule has 8 heteroatoms. The van der Waals surface area contributed by atoms with Crippen LogP contribution < -0.4 is 9.73 Å². The lowest BCUT2D eigenvalue weighted by molar-refractivity contribution is 0.0955. The van der Waals surface area contributed by atoms with Crippen molar-refractivity contribution < 1.29 is 13.2 Å². The maximum Gasteiger partial charge on any atom is 0.271 e. The van der Waals surface area contributed by atoms with Crippen molar-refractivity contribution in [3.8, 4) is 0 Å². The molecule has 3 aromatic carbocycles. The number of halogens is 1. The summed E-state index contributed by atoms with van der Waals surface area (Å²) in [6, 6.07) is 19.5. The third-order valence-electron chi connectivity index (χ3n) is 5.31. The van der Waals surface area contributed by atoms with Crippen molar-refractivity contribution in [3.63, 3.8) is 0 Å². The lowest BCUT2D eigenvalue weighted by atomic mass is 10.1. The number of anilines is 1. The van der Waals surface area contributed by atoms with Crippen LogP contribution in [-0.4, -0.2) is 26.3 Å². The van der Waals surface area contributed by atoms with Gasteiger partial charge in [-0.05, 0) is 79.4 Å². The van der Waals surface area contributed by atoms with E-state index in [1.54, 1.807) is 49.4 Å². The molecule has 172 valence electrons. The van der Waals surface area contributed by atoms with Crippen LogP contribution in [0.3, 0.4) is 0 Å². The van der Waals surface area contributed by atoms with Gasteiger partial charge < -0.3 is 0 Å². The van der Waals surface area contributed by atoms with Crippen molar-refractivity contribution in [1.82, 2.24) is 5.43 Å². The van der Waals surface area contributed by atoms with Crippen LogP contribution in [0, 0.1) is 13.8 Å². The SMILES string of the molecule is C/C(=N\NC(=O)c1ccc(CN(c2ccc(C)c(C)c2)S(C)(=O)=O)cc1)c1ccc(Cl)cc1. The number of hydrazone groups is 1. The number of amides is 1. The van der Waals surface area contributed by atoms with Gasteiger partial charge in [-0.25, -0.2) is 13.8 Å². The van der Waals surface area contributed by atoms with Crippen molar-refractivity contribution in [3.05, 3.63) is 99.6 Å². The first-order valence-electron chi connectivity index (χ1n) is 10.3. The van der Waals surface area contributed by atoms with Gasteiger partial charge in [-0.1, -0.05) is 41.9 Å². The molecule has 0 spiro atoms. The molecule has 0 radical (unpaired) electrons. The standard InChI is InChI=1S/C25H26ClN3O3S/c1-17-5-14-24(15-18(17)2)29(33(4,31)32)16-20-6-8-22(9-7-20)25(30)28-27-19(3)21-10-12-23(26)13-11-21/h5-15H,16H2,1-4H3,(H,28,30)/b27-19+. The first-order chi connectivity index (χ1) is 15.5. The molecule has 3 aromatic rings. The molecule has 0 aliphatic carbocycles. The van der Waals surface area contributed by atoms with Crippen LogP contribution >= 0.6 is 11.6 Å². The monoisotopic (exact) mass is 483 g/mol. The number of rotatable bonds is 7. The Morgan fingerprint density at radius 1 is 0.939 bits per heavy atom. The molecule has 0 aliphatic heterocycles. The van der Waals surface area contributed by atoms with Crippen LogP contribution in [0.4, 0.5) is 5.69 Å². The lowest BCUT2D eigenvalue weighted by Gasteiger charge is -2.23. The van der Waals surface area contributed by atoms with E-state index in [-0.39, 0.29) is 12.5 Å². The quantitative estimate of drug-likeness (QED) is 0.376. The molecule has 6 nitrogen and oxygen atoms in total. The Kier molecular flexibility index (Phi) is 7.56.